The molecule has 4 heteroatoms. The molecule has 2 aromatic rings. The highest BCUT2D eigenvalue weighted by Gasteiger charge is 2.32. The summed E-state index contributed by atoms with van der Waals surface area (Å²) in [6.45, 7) is 2.78. The Labute approximate surface area is 130 Å². The van der Waals surface area contributed by atoms with Crippen LogP contribution in [-0.2, 0) is 13.0 Å². The van der Waals surface area contributed by atoms with Gasteiger partial charge in [0.2, 0.25) is 0 Å². The minimum Gasteiger partial charge on any atom is -0.467 e. The SMILES string of the molecule is CC(N)Cc1cccc(Cl)c1N(Cc1ccco1)C1CC1. The molecule has 0 amide bonds. The number of hydrogen-bond acceptors (Lipinski definition) is 3. The Bertz CT molecular complexity index is 591. The highest BCUT2D eigenvalue weighted by molar-refractivity contribution is 6.33. The molecule has 1 aromatic heterocycles. The predicted octanol–water partition coefficient (Wildman–Crippen LogP) is 3.99. The van der Waals surface area contributed by atoms with Gasteiger partial charge in [0.05, 0.1) is 23.5 Å². The standard InChI is InChI=1S/C17H21ClN2O/c1-12(19)10-13-4-2-6-16(18)17(13)20(14-7-8-14)11-15-5-3-9-21-15/h2-6,9,12,14H,7-8,10-11,19H2,1H3. The Morgan fingerprint density at radius 3 is 2.76 bits per heavy atom. The van der Waals surface area contributed by atoms with E-state index in [0.29, 0.717) is 6.04 Å². The van der Waals surface area contributed by atoms with Gasteiger partial charge in [0.25, 0.3) is 0 Å². The molecule has 1 heterocycles. The Balaban J connectivity index is 1.94. The van der Waals surface area contributed by atoms with Crippen LogP contribution in [-0.4, -0.2) is 12.1 Å². The number of nitrogens with two attached hydrogens (primary N) is 1. The summed E-state index contributed by atoms with van der Waals surface area (Å²) in [7, 11) is 0. The summed E-state index contributed by atoms with van der Waals surface area (Å²) >= 11 is 6.51. The van der Waals surface area contributed by atoms with Crippen molar-refractivity contribution in [3.63, 3.8) is 0 Å². The first-order valence-corrected chi connectivity index (χ1v) is 7.85. The number of nitrogens with zero attached hydrogens (tertiary/aromatic N) is 1. The zero-order valence-corrected chi connectivity index (χ0v) is 13.0. The normalized spacial score (nSPS) is 16.0. The van der Waals surface area contributed by atoms with Crippen molar-refractivity contribution in [2.24, 2.45) is 5.73 Å². The van der Waals surface area contributed by atoms with E-state index in [4.69, 9.17) is 21.8 Å². The van der Waals surface area contributed by atoms with Gasteiger partial charge in [-0.3, -0.25) is 0 Å². The lowest BCUT2D eigenvalue weighted by Gasteiger charge is -2.28. The van der Waals surface area contributed by atoms with Crippen molar-refractivity contribution in [3.8, 4) is 0 Å². The van der Waals surface area contributed by atoms with E-state index in [1.54, 1.807) is 6.26 Å². The maximum atomic E-state index is 6.51. The zero-order valence-electron chi connectivity index (χ0n) is 12.3. The number of hydrogen-bond donors (Lipinski definition) is 1. The lowest BCUT2D eigenvalue weighted by atomic mass is 10.0. The van der Waals surface area contributed by atoms with E-state index >= 15 is 0 Å². The van der Waals surface area contributed by atoms with E-state index in [9.17, 15) is 0 Å². The maximum Gasteiger partial charge on any atom is 0.123 e. The van der Waals surface area contributed by atoms with Crippen LogP contribution in [0.4, 0.5) is 5.69 Å². The number of anilines is 1. The number of halogens is 1. The molecule has 21 heavy (non-hydrogen) atoms. The molecular weight excluding hydrogens is 284 g/mol. The Hall–Kier alpha value is -1.45. The number of rotatable bonds is 6. The van der Waals surface area contributed by atoms with Crippen LogP contribution in [0, 0.1) is 0 Å². The molecule has 1 atom stereocenters. The highest BCUT2D eigenvalue weighted by atomic mass is 35.5. The fraction of sp³-hybridized carbons (Fsp3) is 0.412. The predicted molar refractivity (Wildman–Crippen MR) is 86.7 cm³/mol. The minimum atomic E-state index is 0.117. The monoisotopic (exact) mass is 304 g/mol. The molecule has 1 aromatic carbocycles. The van der Waals surface area contributed by atoms with Crippen LogP contribution in [0.15, 0.2) is 41.0 Å². The van der Waals surface area contributed by atoms with E-state index in [0.717, 1.165) is 29.4 Å². The van der Waals surface area contributed by atoms with Crippen LogP contribution in [0.5, 0.6) is 0 Å². The number of benzene rings is 1. The third-order valence-corrected chi connectivity index (χ3v) is 4.10. The topological polar surface area (TPSA) is 42.4 Å². The number of para-hydroxylation sites is 1. The van der Waals surface area contributed by atoms with Gasteiger partial charge in [0.1, 0.15) is 5.76 Å². The summed E-state index contributed by atoms with van der Waals surface area (Å²) in [6, 6.07) is 10.7. The van der Waals surface area contributed by atoms with Gasteiger partial charge in [0.15, 0.2) is 0 Å². The van der Waals surface area contributed by atoms with Crippen molar-refractivity contribution in [2.45, 2.75) is 44.8 Å². The van der Waals surface area contributed by atoms with Crippen molar-refractivity contribution in [1.82, 2.24) is 0 Å². The molecule has 112 valence electrons. The molecule has 0 spiro atoms. The molecular formula is C17H21ClN2O. The van der Waals surface area contributed by atoms with Crippen molar-refractivity contribution in [1.29, 1.82) is 0 Å². The fourth-order valence-corrected chi connectivity index (χ4v) is 3.04. The van der Waals surface area contributed by atoms with Crippen molar-refractivity contribution in [2.75, 3.05) is 4.90 Å². The van der Waals surface area contributed by atoms with Gasteiger partial charge in [-0.15, -0.1) is 0 Å². The van der Waals surface area contributed by atoms with E-state index in [1.165, 1.54) is 18.4 Å². The molecule has 2 N–H and O–H groups in total. The first-order valence-electron chi connectivity index (χ1n) is 7.47. The second kappa shape index (κ2) is 6.12. The summed E-state index contributed by atoms with van der Waals surface area (Å²) in [6.07, 6.45) is 4.97. The Kier molecular flexibility index (Phi) is 4.22. The first-order chi connectivity index (χ1) is 10.1. The average Bonchev–Trinajstić information content (AvgIpc) is 3.14. The molecule has 1 unspecified atom stereocenters. The third-order valence-electron chi connectivity index (χ3n) is 3.79. The van der Waals surface area contributed by atoms with Crippen LogP contribution in [0.25, 0.3) is 0 Å². The van der Waals surface area contributed by atoms with E-state index in [1.807, 2.05) is 31.2 Å². The maximum absolute atomic E-state index is 6.51. The quantitative estimate of drug-likeness (QED) is 0.877. The van der Waals surface area contributed by atoms with Crippen LogP contribution in [0.2, 0.25) is 5.02 Å². The summed E-state index contributed by atoms with van der Waals surface area (Å²) < 4.78 is 5.51. The van der Waals surface area contributed by atoms with Crippen LogP contribution >= 0.6 is 11.6 Å². The fourth-order valence-electron chi connectivity index (χ4n) is 2.74. The second-order valence-corrected chi connectivity index (χ2v) is 6.27. The van der Waals surface area contributed by atoms with Gasteiger partial charge >= 0.3 is 0 Å². The summed E-state index contributed by atoms with van der Waals surface area (Å²) in [4.78, 5) is 2.37. The van der Waals surface area contributed by atoms with Gasteiger partial charge in [-0.2, -0.15) is 0 Å². The minimum absolute atomic E-state index is 0.117. The van der Waals surface area contributed by atoms with Crippen LogP contribution < -0.4 is 10.6 Å². The van der Waals surface area contributed by atoms with Gasteiger partial charge in [-0.25, -0.2) is 0 Å². The molecule has 0 radical (unpaired) electrons. The average molecular weight is 305 g/mol. The summed E-state index contributed by atoms with van der Waals surface area (Å²) in [5.41, 5.74) is 8.33. The van der Waals surface area contributed by atoms with Crippen LogP contribution in [0.3, 0.4) is 0 Å². The molecule has 1 aliphatic rings. The van der Waals surface area contributed by atoms with Crippen LogP contribution in [0.1, 0.15) is 31.1 Å². The Morgan fingerprint density at radius 1 is 1.33 bits per heavy atom. The van der Waals surface area contributed by atoms with Crippen molar-refractivity contribution >= 4 is 17.3 Å². The summed E-state index contributed by atoms with van der Waals surface area (Å²) in [5, 5.41) is 0.798. The Morgan fingerprint density at radius 2 is 2.14 bits per heavy atom. The third kappa shape index (κ3) is 3.42. The lowest BCUT2D eigenvalue weighted by molar-refractivity contribution is 0.501. The van der Waals surface area contributed by atoms with E-state index in [-0.39, 0.29) is 6.04 Å². The summed E-state index contributed by atoms with van der Waals surface area (Å²) in [5.74, 6) is 0.966. The largest absolute Gasteiger partial charge is 0.467 e. The van der Waals surface area contributed by atoms with E-state index < -0.39 is 0 Å². The zero-order chi connectivity index (χ0) is 14.8. The van der Waals surface area contributed by atoms with Crippen molar-refractivity contribution in [3.05, 3.63) is 52.9 Å². The number of furan rings is 1. The molecule has 1 saturated carbocycles. The molecule has 1 fully saturated rings. The van der Waals surface area contributed by atoms with Gasteiger partial charge in [-0.1, -0.05) is 23.7 Å². The molecule has 0 saturated heterocycles. The first kappa shape index (κ1) is 14.5. The molecule has 3 nitrogen and oxygen atoms in total. The van der Waals surface area contributed by atoms with Gasteiger partial charge < -0.3 is 15.1 Å². The molecule has 1 aliphatic carbocycles. The molecule has 0 aliphatic heterocycles. The second-order valence-electron chi connectivity index (χ2n) is 5.87. The van der Waals surface area contributed by atoms with Crippen molar-refractivity contribution < 1.29 is 4.42 Å². The van der Waals surface area contributed by atoms with Gasteiger partial charge in [0, 0.05) is 12.1 Å². The molecule has 3 rings (SSSR count). The van der Waals surface area contributed by atoms with E-state index in [2.05, 4.69) is 11.0 Å². The molecule has 0 bridgehead atoms. The lowest BCUT2D eigenvalue weighted by Crippen LogP contribution is -2.28. The van der Waals surface area contributed by atoms with Gasteiger partial charge in [-0.05, 0) is 49.9 Å². The highest BCUT2D eigenvalue weighted by Crippen LogP contribution is 2.39. The smallest absolute Gasteiger partial charge is 0.123 e.